The molecule has 1 aromatic carbocycles. The molecule has 0 spiro atoms. The largest absolute Gasteiger partial charge is 0.496 e. The molecule has 2 N–H and O–H groups in total. The molecule has 0 aliphatic heterocycles. The van der Waals surface area contributed by atoms with Crippen LogP contribution in [0.2, 0.25) is 0 Å². The van der Waals surface area contributed by atoms with Gasteiger partial charge in [0.05, 0.1) is 12.8 Å². The lowest BCUT2D eigenvalue weighted by atomic mass is 9.85. The van der Waals surface area contributed by atoms with Gasteiger partial charge in [-0.1, -0.05) is 36.7 Å². The van der Waals surface area contributed by atoms with Crippen molar-refractivity contribution in [2.75, 3.05) is 7.11 Å². The summed E-state index contributed by atoms with van der Waals surface area (Å²) in [4.78, 5) is 11.0. The van der Waals surface area contributed by atoms with E-state index in [2.05, 4.69) is 46.9 Å². The molecule has 1 aromatic heterocycles. The van der Waals surface area contributed by atoms with Crippen LogP contribution in [0, 0.1) is 0 Å². The second kappa shape index (κ2) is 5.52. The zero-order valence-electron chi connectivity index (χ0n) is 12.3. The number of aromatic nitrogens is 2. The van der Waals surface area contributed by atoms with Gasteiger partial charge in [0.25, 0.3) is 0 Å². The van der Waals surface area contributed by atoms with Crippen LogP contribution in [0.5, 0.6) is 5.75 Å². The predicted molar refractivity (Wildman–Crippen MR) is 83.9 cm³/mol. The first-order chi connectivity index (χ1) is 9.74. The van der Waals surface area contributed by atoms with Crippen LogP contribution < -0.4 is 4.74 Å². The highest BCUT2D eigenvalue weighted by Crippen LogP contribution is 2.41. The predicted octanol–water partition coefficient (Wildman–Crippen LogP) is 3.84. The lowest BCUT2D eigenvalue weighted by molar-refractivity contribution is 0.0690. The van der Waals surface area contributed by atoms with E-state index in [0.717, 1.165) is 15.6 Å². The highest BCUT2D eigenvalue weighted by molar-refractivity contribution is 9.10. The minimum atomic E-state index is -1.04. The van der Waals surface area contributed by atoms with Crippen molar-refractivity contribution in [3.63, 3.8) is 0 Å². The molecule has 5 nitrogen and oxygen atoms in total. The first kappa shape index (κ1) is 15.6. The van der Waals surface area contributed by atoms with Crippen molar-refractivity contribution >= 4 is 21.9 Å². The third kappa shape index (κ3) is 3.10. The molecule has 112 valence electrons. The Balaban J connectivity index is 2.67. The van der Waals surface area contributed by atoms with Gasteiger partial charge in [-0.25, -0.2) is 4.79 Å². The van der Waals surface area contributed by atoms with E-state index in [4.69, 9.17) is 9.84 Å². The minimum absolute atomic E-state index is 0.0457. The number of hydrogen-bond donors (Lipinski definition) is 2. The Kier molecular flexibility index (Phi) is 4.09. The smallest absolute Gasteiger partial charge is 0.353 e. The Hall–Kier alpha value is -1.82. The number of aromatic amines is 1. The van der Waals surface area contributed by atoms with Gasteiger partial charge in [-0.3, -0.25) is 5.10 Å². The molecular formula is C15H17BrN2O3. The molecule has 0 unspecified atom stereocenters. The Bertz CT molecular complexity index is 687. The van der Waals surface area contributed by atoms with Crippen LogP contribution in [0.25, 0.3) is 11.3 Å². The van der Waals surface area contributed by atoms with E-state index in [9.17, 15) is 4.79 Å². The number of carbonyl (C=O) groups is 1. The number of aromatic carboxylic acids is 1. The molecule has 2 aromatic rings. The molecule has 21 heavy (non-hydrogen) atoms. The second-order valence-electron chi connectivity index (χ2n) is 5.76. The van der Waals surface area contributed by atoms with Crippen LogP contribution in [0.15, 0.2) is 22.7 Å². The third-order valence-corrected chi connectivity index (χ3v) is 3.61. The van der Waals surface area contributed by atoms with Crippen molar-refractivity contribution in [1.29, 1.82) is 0 Å². The van der Waals surface area contributed by atoms with Gasteiger partial charge in [-0.15, -0.1) is 0 Å². The van der Waals surface area contributed by atoms with Crippen molar-refractivity contribution in [3.8, 4) is 17.0 Å². The van der Waals surface area contributed by atoms with Gasteiger partial charge in [-0.2, -0.15) is 5.10 Å². The maximum Gasteiger partial charge on any atom is 0.353 e. The molecule has 0 atom stereocenters. The van der Waals surface area contributed by atoms with Gasteiger partial charge in [0, 0.05) is 15.6 Å². The van der Waals surface area contributed by atoms with Crippen molar-refractivity contribution in [1.82, 2.24) is 10.2 Å². The van der Waals surface area contributed by atoms with Crippen LogP contribution >= 0.6 is 15.9 Å². The Labute approximate surface area is 131 Å². The zero-order valence-corrected chi connectivity index (χ0v) is 13.9. The number of nitrogens with one attached hydrogen (secondary N) is 1. The molecule has 0 bridgehead atoms. The summed E-state index contributed by atoms with van der Waals surface area (Å²) in [6.07, 6.45) is 0. The fourth-order valence-corrected chi connectivity index (χ4v) is 2.59. The molecular weight excluding hydrogens is 336 g/mol. The van der Waals surface area contributed by atoms with Crippen LogP contribution in [0.4, 0.5) is 0 Å². The topological polar surface area (TPSA) is 75.2 Å². The summed E-state index contributed by atoms with van der Waals surface area (Å²) in [6.45, 7) is 6.27. The summed E-state index contributed by atoms with van der Waals surface area (Å²) in [5, 5.41) is 15.6. The molecule has 0 saturated heterocycles. The number of nitrogens with zero attached hydrogens (tertiary/aromatic N) is 1. The number of ether oxygens (including phenoxy) is 1. The molecule has 0 radical (unpaired) electrons. The van der Waals surface area contributed by atoms with Crippen LogP contribution in [0.3, 0.4) is 0 Å². The summed E-state index contributed by atoms with van der Waals surface area (Å²) in [5.41, 5.74) is 2.24. The first-order valence-corrected chi connectivity index (χ1v) is 7.20. The molecule has 1 heterocycles. The Morgan fingerprint density at radius 3 is 2.48 bits per heavy atom. The third-order valence-electron chi connectivity index (χ3n) is 3.15. The summed E-state index contributed by atoms with van der Waals surface area (Å²) >= 11 is 3.49. The maximum absolute atomic E-state index is 11.0. The minimum Gasteiger partial charge on any atom is -0.496 e. The normalized spacial score (nSPS) is 11.5. The molecule has 0 aliphatic carbocycles. The molecule has 0 amide bonds. The Morgan fingerprint density at radius 2 is 2.00 bits per heavy atom. The number of carboxylic acids is 1. The average molecular weight is 353 g/mol. The highest BCUT2D eigenvalue weighted by Gasteiger charge is 2.24. The summed E-state index contributed by atoms with van der Waals surface area (Å²) in [6, 6.07) is 5.38. The average Bonchev–Trinajstić information content (AvgIpc) is 2.86. The van der Waals surface area contributed by atoms with Gasteiger partial charge in [0.15, 0.2) is 0 Å². The molecule has 6 heteroatoms. The van der Waals surface area contributed by atoms with Crippen LogP contribution in [-0.2, 0) is 5.41 Å². The lowest BCUT2D eigenvalue weighted by Gasteiger charge is -2.24. The number of benzene rings is 1. The number of H-pyrrole nitrogens is 1. The quantitative estimate of drug-likeness (QED) is 0.879. The molecule has 0 fully saturated rings. The van der Waals surface area contributed by atoms with E-state index in [1.165, 1.54) is 6.07 Å². The number of carboxylic acid groups (broad SMARTS) is 1. The van der Waals surface area contributed by atoms with E-state index in [1.54, 1.807) is 7.11 Å². The SMILES string of the molecule is COc1c(-c2cc(C(=O)O)[nH]n2)cc(Br)cc1C(C)(C)C. The van der Waals surface area contributed by atoms with Crippen molar-refractivity contribution in [2.24, 2.45) is 0 Å². The van der Waals surface area contributed by atoms with E-state index >= 15 is 0 Å². The van der Waals surface area contributed by atoms with Gasteiger partial charge in [0.1, 0.15) is 11.4 Å². The molecule has 0 saturated carbocycles. The maximum atomic E-state index is 11.0. The van der Waals surface area contributed by atoms with E-state index in [0.29, 0.717) is 11.4 Å². The lowest BCUT2D eigenvalue weighted by Crippen LogP contribution is -2.13. The number of methoxy groups -OCH3 is 1. The van der Waals surface area contributed by atoms with Gasteiger partial charge >= 0.3 is 5.97 Å². The second-order valence-corrected chi connectivity index (χ2v) is 6.67. The monoisotopic (exact) mass is 352 g/mol. The number of hydrogen-bond acceptors (Lipinski definition) is 3. The molecule has 0 aliphatic rings. The molecule has 2 rings (SSSR count). The fraction of sp³-hybridized carbons (Fsp3) is 0.333. The van der Waals surface area contributed by atoms with E-state index in [-0.39, 0.29) is 11.1 Å². The number of rotatable bonds is 3. The van der Waals surface area contributed by atoms with Gasteiger partial charge in [-0.05, 0) is 23.6 Å². The van der Waals surface area contributed by atoms with Crippen molar-refractivity contribution in [2.45, 2.75) is 26.2 Å². The highest BCUT2D eigenvalue weighted by atomic mass is 79.9. The Morgan fingerprint density at radius 1 is 1.33 bits per heavy atom. The van der Waals surface area contributed by atoms with E-state index < -0.39 is 5.97 Å². The van der Waals surface area contributed by atoms with Crippen LogP contribution in [-0.4, -0.2) is 28.4 Å². The number of halogens is 1. The summed E-state index contributed by atoms with van der Waals surface area (Å²) in [5.74, 6) is -0.340. The summed E-state index contributed by atoms with van der Waals surface area (Å²) < 4.78 is 6.45. The fourth-order valence-electron chi connectivity index (χ4n) is 2.13. The van der Waals surface area contributed by atoms with Crippen molar-refractivity contribution in [3.05, 3.63) is 33.9 Å². The van der Waals surface area contributed by atoms with Crippen molar-refractivity contribution < 1.29 is 14.6 Å². The van der Waals surface area contributed by atoms with Gasteiger partial charge in [0.2, 0.25) is 0 Å². The zero-order chi connectivity index (χ0) is 15.8. The van der Waals surface area contributed by atoms with Crippen LogP contribution in [0.1, 0.15) is 36.8 Å². The van der Waals surface area contributed by atoms with Gasteiger partial charge < -0.3 is 9.84 Å². The standard InChI is InChI=1S/C15H17BrN2O3/c1-15(2,3)10-6-8(16)5-9(13(10)21-4)11-7-12(14(19)20)18-17-11/h5-7H,1-4H3,(H,17,18)(H,19,20). The first-order valence-electron chi connectivity index (χ1n) is 6.41. The van der Waals surface area contributed by atoms with E-state index in [1.807, 2.05) is 12.1 Å². The summed E-state index contributed by atoms with van der Waals surface area (Å²) in [7, 11) is 1.60.